The molecule has 454 valence electrons. The van der Waals surface area contributed by atoms with E-state index in [9.17, 15) is 14.4 Å². The third kappa shape index (κ3) is 65.0. The summed E-state index contributed by atoms with van der Waals surface area (Å²) in [6, 6.07) is 0. The van der Waals surface area contributed by atoms with Crippen molar-refractivity contribution in [3.05, 3.63) is 97.2 Å². The maximum atomic E-state index is 13.0. The first-order chi connectivity index (χ1) is 39.0. The number of carbonyl (C=O) groups is 3. The molecule has 0 aromatic heterocycles. The molecule has 0 aliphatic heterocycles. The average molecular weight is 1100 g/mol. The fourth-order valence-corrected chi connectivity index (χ4v) is 9.50. The molecular weight excluding hydrogens is 973 g/mol. The summed E-state index contributed by atoms with van der Waals surface area (Å²) in [6.07, 6.45) is 89.8. The summed E-state index contributed by atoms with van der Waals surface area (Å²) >= 11 is 0. The number of hydrogen-bond acceptors (Lipinski definition) is 6. The number of carbonyl (C=O) groups excluding carboxylic acids is 3. The summed E-state index contributed by atoms with van der Waals surface area (Å²) in [6.45, 7) is 6.52. The molecular formula is C73H126O6. The second-order valence-corrected chi connectivity index (χ2v) is 22.3. The van der Waals surface area contributed by atoms with E-state index in [2.05, 4.69) is 118 Å². The second-order valence-electron chi connectivity index (χ2n) is 22.3. The quantitative estimate of drug-likeness (QED) is 0.0261. The predicted molar refractivity (Wildman–Crippen MR) is 344 cm³/mol. The maximum absolute atomic E-state index is 13.0. The van der Waals surface area contributed by atoms with Gasteiger partial charge in [-0.25, -0.2) is 0 Å². The van der Waals surface area contributed by atoms with Gasteiger partial charge in [-0.15, -0.1) is 0 Å². The Labute approximate surface area is 489 Å². The number of allylic oxidation sites excluding steroid dienone is 16. The molecule has 79 heavy (non-hydrogen) atoms. The zero-order chi connectivity index (χ0) is 57.1. The third-order valence-corrected chi connectivity index (χ3v) is 14.5. The van der Waals surface area contributed by atoms with Gasteiger partial charge in [0.25, 0.3) is 0 Å². The van der Waals surface area contributed by atoms with E-state index in [0.717, 1.165) is 109 Å². The van der Waals surface area contributed by atoms with Crippen LogP contribution in [0.2, 0.25) is 0 Å². The Kier molecular flexibility index (Phi) is 63.7. The minimum atomic E-state index is -0.790. The summed E-state index contributed by atoms with van der Waals surface area (Å²) in [5.74, 6) is -0.892. The Balaban J connectivity index is 4.40. The molecule has 0 radical (unpaired) electrons. The summed E-state index contributed by atoms with van der Waals surface area (Å²) in [5, 5.41) is 0. The molecule has 0 rings (SSSR count). The van der Waals surface area contributed by atoms with Crippen LogP contribution in [0, 0.1) is 0 Å². The van der Waals surface area contributed by atoms with E-state index < -0.39 is 6.10 Å². The van der Waals surface area contributed by atoms with Crippen LogP contribution in [0.1, 0.15) is 329 Å². The van der Waals surface area contributed by atoms with Gasteiger partial charge in [-0.3, -0.25) is 14.4 Å². The first-order valence-electron chi connectivity index (χ1n) is 33.7. The number of hydrogen-bond donors (Lipinski definition) is 0. The normalized spacial score (nSPS) is 12.7. The molecule has 0 aliphatic rings. The van der Waals surface area contributed by atoms with Crippen molar-refractivity contribution in [3.8, 4) is 0 Å². The molecule has 0 fully saturated rings. The SMILES string of the molecule is CC/C=C\C/C=C\C/C=C\C/C=C\C/C=C\CCCCCCCCCC(=O)OCC(COC(=O)CCCCCCCCC/C=C\C/C=C\CCCCC)OC(=O)CCCCCCCCCCC/C=C\CCCCCCCCCC. The Morgan fingerprint density at radius 2 is 0.494 bits per heavy atom. The van der Waals surface area contributed by atoms with Crippen LogP contribution < -0.4 is 0 Å². The maximum Gasteiger partial charge on any atom is 0.306 e. The highest BCUT2D eigenvalue weighted by molar-refractivity contribution is 5.71. The van der Waals surface area contributed by atoms with Gasteiger partial charge in [-0.1, -0.05) is 285 Å². The molecule has 0 N–H and O–H groups in total. The minimum absolute atomic E-state index is 0.0851. The van der Waals surface area contributed by atoms with Crippen molar-refractivity contribution in [1.82, 2.24) is 0 Å². The highest BCUT2D eigenvalue weighted by Gasteiger charge is 2.19. The van der Waals surface area contributed by atoms with Crippen LogP contribution >= 0.6 is 0 Å². The van der Waals surface area contributed by atoms with E-state index in [1.54, 1.807) is 0 Å². The van der Waals surface area contributed by atoms with E-state index in [1.165, 1.54) is 180 Å². The molecule has 0 aromatic rings. The predicted octanol–water partition coefficient (Wildman–Crippen LogP) is 23.2. The lowest BCUT2D eigenvalue weighted by Crippen LogP contribution is -2.30. The van der Waals surface area contributed by atoms with Gasteiger partial charge in [0, 0.05) is 19.3 Å². The van der Waals surface area contributed by atoms with Crippen molar-refractivity contribution < 1.29 is 28.6 Å². The molecule has 0 bridgehead atoms. The van der Waals surface area contributed by atoms with Gasteiger partial charge in [0.15, 0.2) is 6.10 Å². The van der Waals surface area contributed by atoms with E-state index in [1.807, 2.05) is 0 Å². The Bertz CT molecular complexity index is 1540. The number of unbranched alkanes of at least 4 members (excludes halogenated alkanes) is 34. The third-order valence-electron chi connectivity index (χ3n) is 14.5. The van der Waals surface area contributed by atoms with E-state index in [4.69, 9.17) is 14.2 Å². The van der Waals surface area contributed by atoms with Crippen LogP contribution in [0.25, 0.3) is 0 Å². The van der Waals surface area contributed by atoms with Gasteiger partial charge < -0.3 is 14.2 Å². The van der Waals surface area contributed by atoms with Gasteiger partial charge in [0.1, 0.15) is 13.2 Å². The van der Waals surface area contributed by atoms with Crippen LogP contribution in [0.5, 0.6) is 0 Å². The molecule has 0 spiro atoms. The molecule has 0 heterocycles. The zero-order valence-corrected chi connectivity index (χ0v) is 52.1. The monoisotopic (exact) mass is 1100 g/mol. The van der Waals surface area contributed by atoms with Crippen molar-refractivity contribution in [2.75, 3.05) is 13.2 Å². The van der Waals surface area contributed by atoms with Crippen LogP contribution in [0.15, 0.2) is 97.2 Å². The second kappa shape index (κ2) is 66.8. The van der Waals surface area contributed by atoms with Crippen molar-refractivity contribution in [1.29, 1.82) is 0 Å². The largest absolute Gasteiger partial charge is 0.462 e. The smallest absolute Gasteiger partial charge is 0.306 e. The molecule has 0 saturated carbocycles. The Morgan fingerprint density at radius 3 is 0.810 bits per heavy atom. The van der Waals surface area contributed by atoms with Gasteiger partial charge in [0.2, 0.25) is 0 Å². The summed E-state index contributed by atoms with van der Waals surface area (Å²) in [5.41, 5.74) is 0. The first kappa shape index (κ1) is 75.3. The van der Waals surface area contributed by atoms with Crippen molar-refractivity contribution in [2.45, 2.75) is 335 Å². The number of ether oxygens (including phenoxy) is 3. The van der Waals surface area contributed by atoms with Crippen LogP contribution in [-0.4, -0.2) is 37.2 Å². The molecule has 0 aliphatic carbocycles. The number of rotatable bonds is 61. The standard InChI is InChI=1S/C73H126O6/c1-4-7-10-13-16-19-22-25-28-31-33-35-36-38-39-42-45-48-51-54-57-60-63-66-72(75)78-69-70(68-77-71(74)65-62-59-56-53-50-47-44-41-30-27-24-21-18-15-12-9-6-3)79-73(76)67-64-61-58-55-52-49-46-43-40-37-34-32-29-26-23-20-17-14-11-8-5-2/h7,10,16,18-19,21,25,27-28,30,32-35,38-39,70H,4-6,8-9,11-15,17,20,22-24,26,29,31,36-37,40-69H2,1-3H3/b10-7-,19-16-,21-18-,28-25-,30-27-,34-32-,35-33-,39-38-. The van der Waals surface area contributed by atoms with Crippen LogP contribution in [-0.2, 0) is 28.6 Å². The molecule has 6 nitrogen and oxygen atoms in total. The molecule has 0 amide bonds. The van der Waals surface area contributed by atoms with Gasteiger partial charge >= 0.3 is 17.9 Å². The lowest BCUT2D eigenvalue weighted by atomic mass is 10.1. The average Bonchev–Trinajstić information content (AvgIpc) is 3.45. The highest BCUT2D eigenvalue weighted by Crippen LogP contribution is 2.16. The number of esters is 3. The molecule has 1 unspecified atom stereocenters. The van der Waals surface area contributed by atoms with E-state index >= 15 is 0 Å². The zero-order valence-electron chi connectivity index (χ0n) is 52.1. The van der Waals surface area contributed by atoms with Crippen LogP contribution in [0.3, 0.4) is 0 Å². The Hall–Kier alpha value is -3.67. The lowest BCUT2D eigenvalue weighted by molar-refractivity contribution is -0.167. The Morgan fingerprint density at radius 1 is 0.266 bits per heavy atom. The summed E-state index contributed by atoms with van der Waals surface area (Å²) in [7, 11) is 0. The highest BCUT2D eigenvalue weighted by atomic mass is 16.6. The van der Waals surface area contributed by atoms with Crippen molar-refractivity contribution in [3.63, 3.8) is 0 Å². The first-order valence-corrected chi connectivity index (χ1v) is 33.7. The topological polar surface area (TPSA) is 78.9 Å². The lowest BCUT2D eigenvalue weighted by Gasteiger charge is -2.18. The molecule has 1 atom stereocenters. The minimum Gasteiger partial charge on any atom is -0.462 e. The molecule has 6 heteroatoms. The van der Waals surface area contributed by atoms with E-state index in [-0.39, 0.29) is 31.1 Å². The fraction of sp³-hybridized carbons (Fsp3) is 0.740. The molecule has 0 aromatic carbocycles. The van der Waals surface area contributed by atoms with Crippen molar-refractivity contribution >= 4 is 17.9 Å². The molecule has 0 saturated heterocycles. The summed E-state index contributed by atoms with van der Waals surface area (Å²) in [4.78, 5) is 38.4. The van der Waals surface area contributed by atoms with Crippen LogP contribution in [0.4, 0.5) is 0 Å². The fourth-order valence-electron chi connectivity index (χ4n) is 9.50. The van der Waals surface area contributed by atoms with Crippen molar-refractivity contribution in [2.24, 2.45) is 0 Å². The van der Waals surface area contributed by atoms with Gasteiger partial charge in [0.05, 0.1) is 0 Å². The van der Waals surface area contributed by atoms with E-state index in [0.29, 0.717) is 19.3 Å². The van der Waals surface area contributed by atoms with Gasteiger partial charge in [-0.05, 0) is 122 Å². The van der Waals surface area contributed by atoms with Gasteiger partial charge in [-0.2, -0.15) is 0 Å². The summed E-state index contributed by atoms with van der Waals surface area (Å²) < 4.78 is 17.0.